The smallest absolute Gasteiger partial charge is 0.109 e. The normalized spacial score (nSPS) is 15.2. The van der Waals surface area contributed by atoms with E-state index in [1.165, 1.54) is 0 Å². The van der Waals surface area contributed by atoms with Crippen LogP contribution in [0.4, 0.5) is 0 Å². The van der Waals surface area contributed by atoms with Gasteiger partial charge in [0.1, 0.15) is 12.2 Å². The number of rotatable bonds is 3. The zero-order chi connectivity index (χ0) is 11.7. The molecular formula is C12H15NO3. The van der Waals surface area contributed by atoms with Gasteiger partial charge in [-0.15, -0.1) is 0 Å². The van der Waals surface area contributed by atoms with Gasteiger partial charge in [-0.3, -0.25) is 0 Å². The Morgan fingerprint density at radius 3 is 2.75 bits per heavy atom. The molecule has 86 valence electrons. The molecule has 2 atom stereocenters. The maximum Gasteiger partial charge on any atom is 0.109 e. The minimum Gasteiger partial charge on any atom is -0.394 e. The fourth-order valence-electron chi connectivity index (χ4n) is 1.81. The Hall–Kier alpha value is -1.36. The topological polar surface area (TPSA) is 76.5 Å². The van der Waals surface area contributed by atoms with E-state index in [1.807, 2.05) is 25.1 Å². The lowest BCUT2D eigenvalue weighted by Crippen LogP contribution is -2.21. The third-order valence-corrected chi connectivity index (χ3v) is 2.74. The van der Waals surface area contributed by atoms with E-state index in [4.69, 9.17) is 5.11 Å². The van der Waals surface area contributed by atoms with Gasteiger partial charge in [0.2, 0.25) is 0 Å². The number of hydrogen-bond donors (Lipinski definition) is 4. The number of aromatic amines is 1. The molecule has 2 aromatic rings. The fourth-order valence-corrected chi connectivity index (χ4v) is 1.81. The van der Waals surface area contributed by atoms with Crippen molar-refractivity contribution in [3.63, 3.8) is 0 Å². The van der Waals surface area contributed by atoms with Crippen LogP contribution >= 0.6 is 0 Å². The zero-order valence-corrected chi connectivity index (χ0v) is 9.01. The number of benzene rings is 1. The molecule has 0 fully saturated rings. The summed E-state index contributed by atoms with van der Waals surface area (Å²) in [6.07, 6.45) is -0.560. The molecule has 4 N–H and O–H groups in total. The largest absolute Gasteiger partial charge is 0.394 e. The maximum atomic E-state index is 9.82. The standard InChI is InChI=1S/C12H15NO3/c1-7-2-3-8-9(5-13-10(8)4-7)12(16)11(15)6-14/h2-5,11-16H,6H2,1H3. The van der Waals surface area contributed by atoms with Crippen LogP contribution in [0.15, 0.2) is 24.4 Å². The second-order valence-corrected chi connectivity index (χ2v) is 3.99. The summed E-state index contributed by atoms with van der Waals surface area (Å²) >= 11 is 0. The quantitative estimate of drug-likeness (QED) is 0.621. The van der Waals surface area contributed by atoms with Crippen LogP contribution in [0, 0.1) is 6.92 Å². The lowest BCUT2D eigenvalue weighted by Gasteiger charge is -2.14. The Morgan fingerprint density at radius 1 is 1.31 bits per heavy atom. The van der Waals surface area contributed by atoms with Gasteiger partial charge < -0.3 is 20.3 Å². The molecule has 16 heavy (non-hydrogen) atoms. The van der Waals surface area contributed by atoms with Crippen LogP contribution in [-0.2, 0) is 0 Å². The summed E-state index contributed by atoms with van der Waals surface area (Å²) in [4.78, 5) is 3.04. The number of aromatic nitrogens is 1. The molecule has 2 unspecified atom stereocenters. The third-order valence-electron chi connectivity index (χ3n) is 2.74. The van der Waals surface area contributed by atoms with Gasteiger partial charge in [0.15, 0.2) is 0 Å². The molecule has 0 aliphatic rings. The second kappa shape index (κ2) is 4.25. The van der Waals surface area contributed by atoms with Gasteiger partial charge in [-0.2, -0.15) is 0 Å². The van der Waals surface area contributed by atoms with Gasteiger partial charge in [-0.1, -0.05) is 12.1 Å². The number of hydrogen-bond acceptors (Lipinski definition) is 3. The van der Waals surface area contributed by atoms with E-state index in [0.717, 1.165) is 16.5 Å². The molecule has 1 heterocycles. The predicted molar refractivity (Wildman–Crippen MR) is 61.1 cm³/mol. The number of aliphatic hydroxyl groups excluding tert-OH is 3. The van der Waals surface area contributed by atoms with Crippen LogP contribution < -0.4 is 0 Å². The molecule has 1 aromatic heterocycles. The Balaban J connectivity index is 2.45. The first-order valence-electron chi connectivity index (χ1n) is 5.18. The van der Waals surface area contributed by atoms with Gasteiger partial charge >= 0.3 is 0 Å². The van der Waals surface area contributed by atoms with Crippen molar-refractivity contribution in [2.75, 3.05) is 6.61 Å². The average molecular weight is 221 g/mol. The molecule has 4 heteroatoms. The van der Waals surface area contributed by atoms with Crippen molar-refractivity contribution in [2.45, 2.75) is 19.1 Å². The molecular weight excluding hydrogens is 206 g/mol. The minimum atomic E-state index is -1.15. The number of H-pyrrole nitrogens is 1. The highest BCUT2D eigenvalue weighted by Crippen LogP contribution is 2.26. The van der Waals surface area contributed by atoms with Crippen LogP contribution in [0.5, 0.6) is 0 Å². The molecule has 1 aromatic carbocycles. The summed E-state index contributed by atoms with van der Waals surface area (Å²) in [6.45, 7) is 1.53. The Morgan fingerprint density at radius 2 is 2.06 bits per heavy atom. The lowest BCUT2D eigenvalue weighted by atomic mass is 10.0. The van der Waals surface area contributed by atoms with Crippen LogP contribution in [0.1, 0.15) is 17.2 Å². The maximum absolute atomic E-state index is 9.82. The van der Waals surface area contributed by atoms with E-state index in [9.17, 15) is 10.2 Å². The first-order valence-corrected chi connectivity index (χ1v) is 5.18. The minimum absolute atomic E-state index is 0.459. The van der Waals surface area contributed by atoms with Crippen molar-refractivity contribution in [1.29, 1.82) is 0 Å². The molecule has 0 saturated carbocycles. The van der Waals surface area contributed by atoms with Gasteiger partial charge in [-0.25, -0.2) is 0 Å². The van der Waals surface area contributed by atoms with E-state index < -0.39 is 18.8 Å². The van der Waals surface area contributed by atoms with Gasteiger partial charge in [0, 0.05) is 22.7 Å². The molecule has 0 aliphatic heterocycles. The van der Waals surface area contributed by atoms with E-state index in [0.29, 0.717) is 5.56 Å². The van der Waals surface area contributed by atoms with E-state index in [2.05, 4.69) is 4.98 Å². The van der Waals surface area contributed by atoms with Crippen LogP contribution in [0.25, 0.3) is 10.9 Å². The summed E-state index contributed by atoms with van der Waals surface area (Å²) in [5.41, 5.74) is 2.65. The molecule has 0 amide bonds. The summed E-state index contributed by atoms with van der Waals surface area (Å²) in [5, 5.41) is 28.9. The van der Waals surface area contributed by atoms with E-state index >= 15 is 0 Å². The monoisotopic (exact) mass is 221 g/mol. The van der Waals surface area contributed by atoms with Crippen LogP contribution in [-0.4, -0.2) is 33.0 Å². The summed E-state index contributed by atoms with van der Waals surface area (Å²) in [6, 6.07) is 5.80. The fraction of sp³-hybridized carbons (Fsp3) is 0.333. The molecule has 0 aliphatic carbocycles. The van der Waals surface area contributed by atoms with Crippen molar-refractivity contribution in [1.82, 2.24) is 4.98 Å². The molecule has 0 bridgehead atoms. The first-order chi connectivity index (χ1) is 7.63. The third kappa shape index (κ3) is 1.82. The number of aryl methyl sites for hydroxylation is 1. The van der Waals surface area contributed by atoms with E-state index in [-0.39, 0.29) is 0 Å². The Bertz CT molecular complexity index is 492. The van der Waals surface area contributed by atoms with Gasteiger partial charge in [-0.05, 0) is 18.6 Å². The second-order valence-electron chi connectivity index (χ2n) is 3.99. The lowest BCUT2D eigenvalue weighted by molar-refractivity contribution is -0.0145. The molecule has 0 saturated heterocycles. The SMILES string of the molecule is Cc1ccc2c(C(O)C(O)CO)c[nH]c2c1. The van der Waals surface area contributed by atoms with Crippen molar-refractivity contribution < 1.29 is 15.3 Å². The van der Waals surface area contributed by atoms with Crippen molar-refractivity contribution >= 4 is 10.9 Å². The van der Waals surface area contributed by atoms with Gasteiger partial charge in [0.05, 0.1) is 6.61 Å². The van der Waals surface area contributed by atoms with Crippen LogP contribution in [0.3, 0.4) is 0 Å². The molecule has 4 nitrogen and oxygen atoms in total. The zero-order valence-electron chi connectivity index (χ0n) is 9.01. The Labute approximate surface area is 93.2 Å². The van der Waals surface area contributed by atoms with Crippen LogP contribution in [0.2, 0.25) is 0 Å². The van der Waals surface area contributed by atoms with Crippen molar-refractivity contribution in [2.24, 2.45) is 0 Å². The predicted octanol–water partition coefficient (Wildman–Crippen LogP) is 0.863. The highest BCUT2D eigenvalue weighted by Gasteiger charge is 2.20. The molecule has 2 rings (SSSR count). The van der Waals surface area contributed by atoms with Crippen molar-refractivity contribution in [3.8, 4) is 0 Å². The highest BCUT2D eigenvalue weighted by molar-refractivity contribution is 5.84. The molecule has 0 radical (unpaired) electrons. The number of nitrogens with one attached hydrogen (secondary N) is 1. The van der Waals surface area contributed by atoms with E-state index in [1.54, 1.807) is 6.20 Å². The number of fused-ring (bicyclic) bond motifs is 1. The molecule has 0 spiro atoms. The Kier molecular flexibility index (Phi) is 2.96. The van der Waals surface area contributed by atoms with Crippen molar-refractivity contribution in [3.05, 3.63) is 35.5 Å². The first kappa shape index (κ1) is 11.1. The summed E-state index contributed by atoms with van der Waals surface area (Å²) in [5.74, 6) is 0. The van der Waals surface area contributed by atoms with Gasteiger partial charge in [0.25, 0.3) is 0 Å². The summed E-state index contributed by atoms with van der Waals surface area (Å²) < 4.78 is 0. The average Bonchev–Trinajstić information content (AvgIpc) is 2.69. The summed E-state index contributed by atoms with van der Waals surface area (Å²) in [7, 11) is 0. The number of aliphatic hydroxyl groups is 3. The highest BCUT2D eigenvalue weighted by atomic mass is 16.4.